The maximum absolute atomic E-state index is 13.3. The SMILES string of the molecule is Cc1cc(N2CCN(C(=O)CN3C(=O)N[C@@]4(C[C@H](C)CC(C)(C)C4)C3=O)CC2)nc(C(C)C)n1. The van der Waals surface area contributed by atoms with Crippen LogP contribution in [-0.2, 0) is 9.59 Å². The van der Waals surface area contributed by atoms with Crippen LogP contribution in [0.25, 0.3) is 0 Å². The summed E-state index contributed by atoms with van der Waals surface area (Å²) in [7, 11) is 0. The fourth-order valence-electron chi connectivity index (χ4n) is 6.06. The van der Waals surface area contributed by atoms with E-state index in [1.807, 2.05) is 13.0 Å². The van der Waals surface area contributed by atoms with Crippen molar-refractivity contribution in [1.29, 1.82) is 0 Å². The number of nitrogens with one attached hydrogen (secondary N) is 1. The molecule has 1 N–H and O–H groups in total. The van der Waals surface area contributed by atoms with Crippen molar-refractivity contribution in [1.82, 2.24) is 25.1 Å². The normalized spacial score (nSPS) is 27.0. The van der Waals surface area contributed by atoms with E-state index in [0.717, 1.165) is 28.7 Å². The largest absolute Gasteiger partial charge is 0.353 e. The zero-order valence-corrected chi connectivity index (χ0v) is 21.3. The van der Waals surface area contributed by atoms with E-state index in [2.05, 4.69) is 49.8 Å². The van der Waals surface area contributed by atoms with E-state index >= 15 is 0 Å². The third-order valence-electron chi connectivity index (χ3n) is 7.25. The first-order valence-electron chi connectivity index (χ1n) is 12.4. The van der Waals surface area contributed by atoms with E-state index in [-0.39, 0.29) is 29.7 Å². The lowest BCUT2D eigenvalue weighted by atomic mass is 9.64. The molecule has 0 bridgehead atoms. The van der Waals surface area contributed by atoms with Gasteiger partial charge in [-0.25, -0.2) is 14.8 Å². The molecular weight excluding hydrogens is 432 g/mol. The van der Waals surface area contributed by atoms with E-state index in [9.17, 15) is 14.4 Å². The molecule has 1 saturated carbocycles. The number of amides is 4. The Morgan fingerprint density at radius 3 is 2.44 bits per heavy atom. The van der Waals surface area contributed by atoms with Gasteiger partial charge in [0.05, 0.1) is 0 Å². The highest BCUT2D eigenvalue weighted by Gasteiger charge is 2.56. The average Bonchev–Trinajstić information content (AvgIpc) is 2.95. The molecule has 1 aliphatic carbocycles. The summed E-state index contributed by atoms with van der Waals surface area (Å²) in [6.45, 7) is 14.7. The van der Waals surface area contributed by atoms with E-state index in [1.165, 1.54) is 0 Å². The second-order valence-corrected chi connectivity index (χ2v) is 11.5. The number of piperazine rings is 1. The van der Waals surface area contributed by atoms with Gasteiger partial charge in [-0.1, -0.05) is 34.6 Å². The van der Waals surface area contributed by atoms with Crippen molar-refractivity contribution < 1.29 is 14.4 Å². The van der Waals surface area contributed by atoms with Crippen LogP contribution >= 0.6 is 0 Å². The van der Waals surface area contributed by atoms with Gasteiger partial charge in [-0.05, 0) is 37.5 Å². The van der Waals surface area contributed by atoms with Gasteiger partial charge in [0, 0.05) is 43.9 Å². The number of hydrogen-bond donors (Lipinski definition) is 1. The van der Waals surface area contributed by atoms with Crippen LogP contribution in [0.5, 0.6) is 0 Å². The molecule has 2 aliphatic heterocycles. The minimum absolute atomic E-state index is 0.0360. The minimum atomic E-state index is -0.879. The molecule has 1 spiro atoms. The van der Waals surface area contributed by atoms with Gasteiger partial charge < -0.3 is 15.1 Å². The molecule has 3 heterocycles. The highest BCUT2D eigenvalue weighted by molar-refractivity contribution is 6.09. The fourth-order valence-corrected chi connectivity index (χ4v) is 6.06. The predicted molar refractivity (Wildman–Crippen MR) is 129 cm³/mol. The van der Waals surface area contributed by atoms with Gasteiger partial charge in [-0.15, -0.1) is 0 Å². The molecule has 3 aliphatic rings. The Balaban J connectivity index is 1.38. The van der Waals surface area contributed by atoms with Crippen molar-refractivity contribution in [2.75, 3.05) is 37.6 Å². The number of rotatable bonds is 4. The molecule has 34 heavy (non-hydrogen) atoms. The number of carbonyl (C=O) groups is 3. The topological polar surface area (TPSA) is 98.7 Å². The number of hydrogen-bond acceptors (Lipinski definition) is 6. The standard InChI is InChI=1S/C25H38N6O3/c1-16(2)21-26-18(4)11-19(27-21)29-7-9-30(10-8-29)20(32)14-31-22(33)25(28-23(31)34)13-17(3)12-24(5,6)15-25/h11,16-17H,7-10,12-15H2,1-6H3,(H,28,34)/t17-,25-/m1/s1. The Morgan fingerprint density at radius 1 is 1.15 bits per heavy atom. The first kappa shape index (κ1) is 24.4. The van der Waals surface area contributed by atoms with Crippen molar-refractivity contribution in [2.24, 2.45) is 11.3 Å². The van der Waals surface area contributed by atoms with Crippen LogP contribution < -0.4 is 10.2 Å². The van der Waals surface area contributed by atoms with Crippen molar-refractivity contribution >= 4 is 23.7 Å². The quantitative estimate of drug-likeness (QED) is 0.680. The Hall–Kier alpha value is -2.71. The van der Waals surface area contributed by atoms with Crippen LogP contribution in [0.4, 0.5) is 10.6 Å². The van der Waals surface area contributed by atoms with E-state index in [0.29, 0.717) is 44.9 Å². The summed E-state index contributed by atoms with van der Waals surface area (Å²) < 4.78 is 0. The smallest absolute Gasteiger partial charge is 0.325 e. The molecule has 9 heteroatoms. The number of nitrogens with zero attached hydrogens (tertiary/aromatic N) is 5. The maximum atomic E-state index is 13.3. The highest BCUT2D eigenvalue weighted by atomic mass is 16.2. The van der Waals surface area contributed by atoms with Crippen LogP contribution in [0.2, 0.25) is 0 Å². The van der Waals surface area contributed by atoms with Gasteiger partial charge in [-0.3, -0.25) is 14.5 Å². The highest BCUT2D eigenvalue weighted by Crippen LogP contribution is 2.46. The number of imide groups is 1. The molecule has 186 valence electrons. The van der Waals surface area contributed by atoms with Crippen molar-refractivity contribution in [2.45, 2.75) is 72.3 Å². The van der Waals surface area contributed by atoms with E-state index < -0.39 is 11.6 Å². The molecule has 9 nitrogen and oxygen atoms in total. The summed E-state index contributed by atoms with van der Waals surface area (Å²) in [5.41, 5.74) is 0.0157. The summed E-state index contributed by atoms with van der Waals surface area (Å²) in [4.78, 5) is 53.4. The first-order valence-corrected chi connectivity index (χ1v) is 12.4. The van der Waals surface area contributed by atoms with Crippen LogP contribution in [0, 0.1) is 18.3 Å². The number of urea groups is 1. The number of aryl methyl sites for hydroxylation is 1. The van der Waals surface area contributed by atoms with Crippen molar-refractivity contribution in [3.05, 3.63) is 17.6 Å². The van der Waals surface area contributed by atoms with E-state index in [4.69, 9.17) is 4.98 Å². The summed E-state index contributed by atoms with van der Waals surface area (Å²) >= 11 is 0. The lowest BCUT2D eigenvalue weighted by Gasteiger charge is -2.43. The molecule has 3 fully saturated rings. The van der Waals surface area contributed by atoms with Crippen molar-refractivity contribution in [3.8, 4) is 0 Å². The summed E-state index contributed by atoms with van der Waals surface area (Å²) in [5, 5.41) is 2.96. The van der Waals surface area contributed by atoms with Gasteiger partial charge in [0.15, 0.2) is 0 Å². The second-order valence-electron chi connectivity index (χ2n) is 11.5. The fraction of sp³-hybridized carbons (Fsp3) is 0.720. The monoisotopic (exact) mass is 470 g/mol. The predicted octanol–water partition coefficient (Wildman–Crippen LogP) is 2.69. The molecule has 2 saturated heterocycles. The van der Waals surface area contributed by atoms with Crippen LogP contribution in [0.3, 0.4) is 0 Å². The summed E-state index contributed by atoms with van der Waals surface area (Å²) in [6, 6.07) is 1.53. The average molecular weight is 471 g/mol. The van der Waals surface area contributed by atoms with Gasteiger partial charge in [-0.2, -0.15) is 0 Å². The van der Waals surface area contributed by atoms with Crippen LogP contribution in [0.1, 0.15) is 71.3 Å². The molecule has 1 aromatic rings. The molecule has 0 aromatic carbocycles. The Kier molecular flexibility index (Phi) is 6.33. The number of carbonyl (C=O) groups excluding carboxylic acids is 3. The maximum Gasteiger partial charge on any atom is 0.325 e. The molecule has 4 rings (SSSR count). The lowest BCUT2D eigenvalue weighted by Crippen LogP contribution is -2.55. The van der Waals surface area contributed by atoms with Gasteiger partial charge in [0.2, 0.25) is 5.91 Å². The lowest BCUT2D eigenvalue weighted by molar-refractivity contribution is -0.140. The summed E-state index contributed by atoms with van der Waals surface area (Å²) in [5.74, 6) is 1.84. The third kappa shape index (κ3) is 4.74. The van der Waals surface area contributed by atoms with Gasteiger partial charge >= 0.3 is 6.03 Å². The van der Waals surface area contributed by atoms with Gasteiger partial charge in [0.1, 0.15) is 23.7 Å². The van der Waals surface area contributed by atoms with Gasteiger partial charge in [0.25, 0.3) is 5.91 Å². The molecule has 4 amide bonds. The van der Waals surface area contributed by atoms with E-state index in [1.54, 1.807) is 4.90 Å². The first-order chi connectivity index (χ1) is 15.9. The zero-order chi connectivity index (χ0) is 24.8. The number of aromatic nitrogens is 2. The molecular formula is C25H38N6O3. The minimum Gasteiger partial charge on any atom is -0.353 e. The number of anilines is 1. The Labute approximate surface area is 202 Å². The molecule has 1 aromatic heterocycles. The van der Waals surface area contributed by atoms with Crippen molar-refractivity contribution in [3.63, 3.8) is 0 Å². The third-order valence-corrected chi connectivity index (χ3v) is 7.25. The van der Waals surface area contributed by atoms with Crippen LogP contribution in [-0.4, -0.2) is 75.9 Å². The zero-order valence-electron chi connectivity index (χ0n) is 21.3. The summed E-state index contributed by atoms with van der Waals surface area (Å²) in [6.07, 6.45) is 2.25. The molecule has 0 radical (unpaired) electrons. The molecule has 0 unspecified atom stereocenters. The molecule has 2 atom stereocenters. The second kappa shape index (κ2) is 8.82. The van der Waals surface area contributed by atoms with Crippen LogP contribution in [0.15, 0.2) is 6.07 Å². The Morgan fingerprint density at radius 2 is 1.82 bits per heavy atom. The Bertz CT molecular complexity index is 985.